The first-order valence-corrected chi connectivity index (χ1v) is 15.4. The maximum Gasteiger partial charge on any atom is 0.336 e. The average Bonchev–Trinajstić information content (AvgIpc) is 3.04. The van der Waals surface area contributed by atoms with Gasteiger partial charge in [0.05, 0.1) is 18.6 Å². The van der Waals surface area contributed by atoms with Crippen LogP contribution in [0, 0.1) is 0 Å². The van der Waals surface area contributed by atoms with Crippen LogP contribution in [-0.4, -0.2) is 56.0 Å². The second kappa shape index (κ2) is 18.1. The van der Waals surface area contributed by atoms with E-state index in [1.165, 1.54) is 39.8 Å². The lowest BCUT2D eigenvalue weighted by molar-refractivity contribution is -0.193. The summed E-state index contributed by atoms with van der Waals surface area (Å²) in [5, 5.41) is 0. The Hall–Kier alpha value is -5.52. The van der Waals surface area contributed by atoms with E-state index in [0.717, 1.165) is 12.2 Å². The van der Waals surface area contributed by atoms with Crippen molar-refractivity contribution in [3.05, 3.63) is 97.1 Å². The molecule has 264 valence electrons. The van der Waals surface area contributed by atoms with Crippen LogP contribution in [0.25, 0.3) is 0 Å². The predicted octanol–water partition coefficient (Wildman–Crippen LogP) is 6.26. The number of carbonyl (C=O) groups is 4. The molecule has 2 aromatic rings. The molecule has 2 atom stereocenters. The zero-order valence-corrected chi connectivity index (χ0v) is 29.0. The van der Waals surface area contributed by atoms with E-state index in [1.54, 1.807) is 45.0 Å². The van der Waals surface area contributed by atoms with Gasteiger partial charge >= 0.3 is 23.9 Å². The summed E-state index contributed by atoms with van der Waals surface area (Å²) in [5.41, 5.74) is -1.16. The summed E-state index contributed by atoms with van der Waals surface area (Å²) >= 11 is 0. The van der Waals surface area contributed by atoms with Crippen molar-refractivity contribution in [3.63, 3.8) is 0 Å². The van der Waals surface area contributed by atoms with E-state index in [2.05, 4.69) is 26.3 Å². The summed E-state index contributed by atoms with van der Waals surface area (Å²) in [6.07, 6.45) is -2.09. The van der Waals surface area contributed by atoms with Crippen molar-refractivity contribution < 1.29 is 57.1 Å². The van der Waals surface area contributed by atoms with Gasteiger partial charge in [0.2, 0.25) is 12.6 Å². The number of carbonyl (C=O) groups excluding carboxylic acids is 4. The number of benzene rings is 2. The Morgan fingerprint density at radius 2 is 1.06 bits per heavy atom. The van der Waals surface area contributed by atoms with Gasteiger partial charge in [0, 0.05) is 60.4 Å². The Balaban J connectivity index is 3.08. The topological polar surface area (TPSA) is 142 Å². The van der Waals surface area contributed by atoms with Crippen molar-refractivity contribution >= 4 is 23.9 Å². The molecule has 0 aliphatic heterocycles. The van der Waals surface area contributed by atoms with Crippen molar-refractivity contribution in [1.82, 2.24) is 0 Å². The smallest absolute Gasteiger partial charge is 0.336 e. The summed E-state index contributed by atoms with van der Waals surface area (Å²) in [6.45, 7) is 25.8. The quantitative estimate of drug-likeness (QED) is 0.0715. The van der Waals surface area contributed by atoms with Crippen LogP contribution in [0.5, 0.6) is 23.0 Å². The minimum absolute atomic E-state index is 0.0139. The maximum absolute atomic E-state index is 13.2. The van der Waals surface area contributed by atoms with Gasteiger partial charge in [-0.1, -0.05) is 38.4 Å². The van der Waals surface area contributed by atoms with E-state index < -0.39 is 48.2 Å². The second-order valence-electron chi connectivity index (χ2n) is 10.7. The van der Waals surface area contributed by atoms with Crippen LogP contribution in [0.15, 0.2) is 86.0 Å². The van der Waals surface area contributed by atoms with Gasteiger partial charge in [0.25, 0.3) is 6.29 Å². The zero-order valence-electron chi connectivity index (χ0n) is 29.0. The molecule has 12 nitrogen and oxygen atoms in total. The molecule has 0 aliphatic rings. The van der Waals surface area contributed by atoms with E-state index in [-0.39, 0.29) is 33.8 Å². The normalized spacial score (nSPS) is 13.0. The molecule has 0 aliphatic carbocycles. The van der Waals surface area contributed by atoms with Crippen LogP contribution in [-0.2, 0) is 43.5 Å². The second-order valence-corrected chi connectivity index (χ2v) is 10.7. The fraction of sp³-hybridized carbons (Fsp3) is 0.351. The van der Waals surface area contributed by atoms with Gasteiger partial charge in [0.1, 0.15) is 23.0 Å². The van der Waals surface area contributed by atoms with Crippen LogP contribution in [0.2, 0.25) is 0 Å². The third-order valence-electron chi connectivity index (χ3n) is 6.73. The van der Waals surface area contributed by atoms with E-state index >= 15 is 0 Å². The number of rotatable bonds is 19. The molecule has 49 heavy (non-hydrogen) atoms. The molecule has 0 heterocycles. The van der Waals surface area contributed by atoms with Crippen LogP contribution >= 0.6 is 0 Å². The zero-order chi connectivity index (χ0) is 36.9. The molecular weight excluding hydrogens is 636 g/mol. The molecule has 0 aromatic heterocycles. The molecule has 0 bridgehead atoms. The fourth-order valence-corrected chi connectivity index (χ4v) is 4.45. The minimum atomic E-state index is -1.74. The van der Waals surface area contributed by atoms with Gasteiger partial charge in [-0.3, -0.25) is 0 Å². The summed E-state index contributed by atoms with van der Waals surface area (Å²) in [6, 6.07) is 9.56. The van der Waals surface area contributed by atoms with Crippen molar-refractivity contribution in [2.75, 3.05) is 13.2 Å². The van der Waals surface area contributed by atoms with Gasteiger partial charge in [-0.05, 0) is 46.8 Å². The Morgan fingerprint density at radius 3 is 1.37 bits per heavy atom. The van der Waals surface area contributed by atoms with Crippen LogP contribution in [0.1, 0.15) is 59.6 Å². The van der Waals surface area contributed by atoms with E-state index in [4.69, 9.17) is 37.9 Å². The van der Waals surface area contributed by atoms with Crippen molar-refractivity contribution in [2.24, 2.45) is 0 Å². The lowest BCUT2D eigenvalue weighted by Crippen LogP contribution is -2.45. The molecule has 2 aromatic carbocycles. The summed E-state index contributed by atoms with van der Waals surface area (Å²) in [5.74, 6) is -2.30. The highest BCUT2D eigenvalue weighted by molar-refractivity contribution is 5.89. The Labute approximate surface area is 286 Å². The molecular formula is C37H44O12. The average molecular weight is 681 g/mol. The van der Waals surface area contributed by atoms with Gasteiger partial charge in [-0.2, -0.15) is 0 Å². The lowest BCUT2D eigenvalue weighted by atomic mass is 9.74. The van der Waals surface area contributed by atoms with Gasteiger partial charge in [-0.15, -0.1) is 0 Å². The molecule has 12 heteroatoms. The molecule has 0 N–H and O–H groups in total. The number of hydrogen-bond donors (Lipinski definition) is 0. The maximum atomic E-state index is 13.2. The molecule has 0 radical (unpaired) electrons. The fourth-order valence-electron chi connectivity index (χ4n) is 4.45. The van der Waals surface area contributed by atoms with E-state index in [1.807, 2.05) is 0 Å². The first-order chi connectivity index (χ1) is 23.1. The highest BCUT2D eigenvalue weighted by Gasteiger charge is 2.48. The Bertz CT molecular complexity index is 1460. The van der Waals surface area contributed by atoms with Gasteiger partial charge < -0.3 is 37.9 Å². The van der Waals surface area contributed by atoms with Crippen molar-refractivity contribution in [1.29, 1.82) is 0 Å². The van der Waals surface area contributed by atoms with Crippen molar-refractivity contribution in [2.45, 2.75) is 72.8 Å². The molecule has 2 rings (SSSR count). The highest BCUT2D eigenvalue weighted by atomic mass is 16.7. The van der Waals surface area contributed by atoms with Crippen LogP contribution < -0.4 is 18.9 Å². The standard InChI is InChI=1S/C37H44O12/c1-12-32(38)46-24(9)44-30-20-26(42-14-3)16-18-28(30)37(11,36(48-34(40)22(5)6)49-35(41)23(7)8)29-19-17-27(43-15-4)21-31(29)45-25(10)47-33(39)13-2/h12-13,16-21,24-25,36H,1-2,5,7,14-15H2,3-4,6,8-11H3. The molecule has 0 saturated carbocycles. The summed E-state index contributed by atoms with van der Waals surface area (Å²) in [7, 11) is 0. The van der Waals surface area contributed by atoms with E-state index in [9.17, 15) is 19.2 Å². The third-order valence-corrected chi connectivity index (χ3v) is 6.73. The highest BCUT2D eigenvalue weighted by Crippen LogP contribution is 2.48. The SMILES string of the molecule is C=CC(=O)OC(C)Oc1cc(OCC)ccc1C(C)(c1ccc(OCC)cc1OC(C)OC(=O)C=C)C(OC(=O)C(=C)C)OC(=O)C(=C)C. The molecule has 0 saturated heterocycles. The Morgan fingerprint density at radius 1 is 0.694 bits per heavy atom. The number of ether oxygens (including phenoxy) is 8. The molecule has 0 fully saturated rings. The largest absolute Gasteiger partial charge is 0.494 e. The van der Waals surface area contributed by atoms with Crippen LogP contribution in [0.3, 0.4) is 0 Å². The number of esters is 4. The monoisotopic (exact) mass is 680 g/mol. The van der Waals surface area contributed by atoms with E-state index in [0.29, 0.717) is 24.7 Å². The predicted molar refractivity (Wildman–Crippen MR) is 180 cm³/mol. The lowest BCUT2D eigenvalue weighted by Gasteiger charge is -2.39. The van der Waals surface area contributed by atoms with Gasteiger partial charge in [-0.25, -0.2) is 19.2 Å². The molecule has 0 spiro atoms. The Kier molecular flexibility index (Phi) is 14.7. The van der Waals surface area contributed by atoms with Gasteiger partial charge in [0.15, 0.2) is 0 Å². The minimum Gasteiger partial charge on any atom is -0.494 e. The molecule has 0 amide bonds. The van der Waals surface area contributed by atoms with Crippen LogP contribution in [0.4, 0.5) is 0 Å². The summed E-state index contributed by atoms with van der Waals surface area (Å²) < 4.78 is 46.0. The van der Waals surface area contributed by atoms with Crippen molar-refractivity contribution in [3.8, 4) is 23.0 Å². The molecule has 2 unspecified atom stereocenters. The number of hydrogen-bond acceptors (Lipinski definition) is 12. The summed E-state index contributed by atoms with van der Waals surface area (Å²) in [4.78, 5) is 50.4. The first-order valence-electron chi connectivity index (χ1n) is 15.4. The first kappa shape index (κ1) is 39.7. The third kappa shape index (κ3) is 10.7.